The van der Waals surface area contributed by atoms with Crippen molar-refractivity contribution in [3.8, 4) is 0 Å². The topological polar surface area (TPSA) is 229 Å². The van der Waals surface area contributed by atoms with Crippen molar-refractivity contribution >= 4 is 30.9 Å². The van der Waals surface area contributed by atoms with Gasteiger partial charge in [0.25, 0.3) is 5.56 Å². The molecule has 42 heavy (non-hydrogen) atoms. The van der Waals surface area contributed by atoms with Crippen LogP contribution in [0.5, 0.6) is 0 Å². The number of fused-ring (bicyclic) bond motifs is 1. The molecular weight excluding hydrogens is 588 g/mol. The molecule has 0 spiro atoms. The van der Waals surface area contributed by atoms with Crippen molar-refractivity contribution in [2.24, 2.45) is 10.8 Å². The number of nitrogens with one attached hydrogen (secondary N) is 1. The molecule has 0 aromatic carbocycles. The molecule has 5 atom stereocenters. The molecule has 238 valence electrons. The summed E-state index contributed by atoms with van der Waals surface area (Å²) in [6, 6.07) is 0. The SMILES string of the molecule is CO[C@]1(COP(=O)(OCOC(=O)C(C)(C)C)OCOC(O)C(C)(C)C)OC[C@](F)(n2cnc3c(=O)[nH]c(N)nc32)[C@@H]1O. The Hall–Kier alpha value is -2.54. The van der Waals surface area contributed by atoms with E-state index < -0.39 is 81.0 Å². The molecule has 19 heteroatoms. The van der Waals surface area contributed by atoms with E-state index in [2.05, 4.69) is 15.0 Å². The van der Waals surface area contributed by atoms with Crippen molar-refractivity contribution in [3.05, 3.63) is 16.7 Å². The standard InChI is InChI=1S/C23H37FN5O12P/c1-20(2,3)17(32)36-11-40-42(34,41-12-37-18(33)21(4,5)6)39-9-23(35-7)16(31)22(24,8-38-23)29-10-26-13-14(29)27-19(25)28-15(13)30/h10,16-17,31-32H,8-9,11-12H2,1-7H3,(H3,25,27,28,30)/t16-,17?,22-,23+,42?/m0/s1. The number of imidazole rings is 1. The molecule has 0 radical (unpaired) electrons. The number of phosphoric acid groups is 1. The minimum Gasteiger partial charge on any atom is -0.437 e. The summed E-state index contributed by atoms with van der Waals surface area (Å²) in [6.07, 6.45) is -2.62. The van der Waals surface area contributed by atoms with Gasteiger partial charge in [0, 0.05) is 12.5 Å². The van der Waals surface area contributed by atoms with E-state index in [4.69, 9.17) is 38.3 Å². The van der Waals surface area contributed by atoms with E-state index in [1.165, 1.54) is 0 Å². The molecule has 3 rings (SSSR count). The summed E-state index contributed by atoms with van der Waals surface area (Å²) in [7, 11) is -3.66. The normalized spacial score (nSPS) is 25.4. The molecule has 5 N–H and O–H groups in total. The van der Waals surface area contributed by atoms with E-state index >= 15 is 4.39 Å². The van der Waals surface area contributed by atoms with Crippen molar-refractivity contribution in [1.82, 2.24) is 19.5 Å². The monoisotopic (exact) mass is 625 g/mol. The van der Waals surface area contributed by atoms with Crippen LogP contribution in [0.25, 0.3) is 11.2 Å². The number of nitrogen functional groups attached to an aromatic ring is 1. The van der Waals surface area contributed by atoms with Crippen LogP contribution in [0.4, 0.5) is 10.3 Å². The summed E-state index contributed by atoms with van der Waals surface area (Å²) in [5.41, 5.74) is 2.65. The maximum absolute atomic E-state index is 16.4. The van der Waals surface area contributed by atoms with Crippen LogP contribution in [-0.2, 0) is 47.7 Å². The number of nitrogens with two attached hydrogens (primary N) is 1. The van der Waals surface area contributed by atoms with Gasteiger partial charge in [-0.1, -0.05) is 20.8 Å². The number of hydrogen-bond donors (Lipinski definition) is 4. The maximum Gasteiger partial charge on any atom is 0.480 e. The van der Waals surface area contributed by atoms with E-state index in [0.717, 1.165) is 18.0 Å². The first-order valence-corrected chi connectivity index (χ1v) is 14.0. The second-order valence-corrected chi connectivity index (χ2v) is 13.2. The number of aromatic amines is 1. The average molecular weight is 626 g/mol. The fourth-order valence-electron chi connectivity index (χ4n) is 3.52. The van der Waals surface area contributed by atoms with Crippen LogP contribution in [0, 0.1) is 10.8 Å². The molecule has 2 unspecified atom stereocenters. The van der Waals surface area contributed by atoms with Crippen molar-refractivity contribution in [1.29, 1.82) is 0 Å². The summed E-state index contributed by atoms with van der Waals surface area (Å²) in [4.78, 5) is 34.2. The van der Waals surface area contributed by atoms with Crippen molar-refractivity contribution in [3.63, 3.8) is 0 Å². The van der Waals surface area contributed by atoms with E-state index in [1.54, 1.807) is 41.5 Å². The van der Waals surface area contributed by atoms with Crippen LogP contribution < -0.4 is 11.3 Å². The van der Waals surface area contributed by atoms with Crippen LogP contribution in [0.3, 0.4) is 0 Å². The number of H-pyrrole nitrogens is 1. The Balaban J connectivity index is 1.81. The first-order valence-electron chi connectivity index (χ1n) is 12.6. The zero-order chi connectivity index (χ0) is 31.7. The van der Waals surface area contributed by atoms with Crippen LogP contribution in [0.2, 0.25) is 0 Å². The summed E-state index contributed by atoms with van der Waals surface area (Å²) < 4.78 is 66.9. The molecule has 0 amide bonds. The number of nitrogens with zero attached hydrogens (tertiary/aromatic N) is 3. The number of ether oxygens (including phenoxy) is 4. The lowest BCUT2D eigenvalue weighted by molar-refractivity contribution is -0.254. The maximum atomic E-state index is 16.4. The lowest BCUT2D eigenvalue weighted by Crippen LogP contribution is -2.52. The number of methoxy groups -OCH3 is 1. The highest BCUT2D eigenvalue weighted by Gasteiger charge is 2.62. The molecule has 0 saturated carbocycles. The molecule has 2 aromatic heterocycles. The lowest BCUT2D eigenvalue weighted by atomic mass is 9.96. The zero-order valence-electron chi connectivity index (χ0n) is 24.3. The number of esters is 1. The minimum atomic E-state index is -4.73. The van der Waals surface area contributed by atoms with Gasteiger partial charge < -0.3 is 34.9 Å². The van der Waals surface area contributed by atoms with Gasteiger partial charge in [0.1, 0.15) is 19.5 Å². The third-order valence-corrected chi connectivity index (χ3v) is 7.43. The molecule has 0 aliphatic carbocycles. The van der Waals surface area contributed by atoms with Gasteiger partial charge in [-0.2, -0.15) is 4.98 Å². The van der Waals surface area contributed by atoms with Gasteiger partial charge in [-0.25, -0.2) is 18.5 Å². The van der Waals surface area contributed by atoms with Gasteiger partial charge in [-0.15, -0.1) is 0 Å². The number of carbonyl (C=O) groups is 1. The molecule has 1 fully saturated rings. The largest absolute Gasteiger partial charge is 0.480 e. The van der Waals surface area contributed by atoms with Gasteiger partial charge in [0.05, 0.1) is 5.41 Å². The Bertz CT molecular complexity index is 1370. The number of alkyl halides is 1. The summed E-state index contributed by atoms with van der Waals surface area (Å²) in [5.74, 6) is -6.16. The summed E-state index contributed by atoms with van der Waals surface area (Å²) in [6.45, 7) is 6.26. The molecule has 1 saturated heterocycles. The van der Waals surface area contributed by atoms with Gasteiger partial charge in [0.15, 0.2) is 30.4 Å². The first kappa shape index (κ1) is 34.0. The highest BCUT2D eigenvalue weighted by Crippen LogP contribution is 2.52. The zero-order valence-corrected chi connectivity index (χ0v) is 25.2. The fourth-order valence-corrected chi connectivity index (χ4v) is 4.45. The Morgan fingerprint density at radius 1 is 1.29 bits per heavy atom. The van der Waals surface area contributed by atoms with E-state index in [0.29, 0.717) is 0 Å². The highest BCUT2D eigenvalue weighted by molar-refractivity contribution is 7.48. The lowest BCUT2D eigenvalue weighted by Gasteiger charge is -2.33. The van der Waals surface area contributed by atoms with E-state index in [9.17, 15) is 24.4 Å². The number of halogens is 1. The number of aliphatic hydroxyl groups excluding tert-OH is 2. The van der Waals surface area contributed by atoms with Gasteiger partial charge >= 0.3 is 13.8 Å². The molecule has 17 nitrogen and oxygen atoms in total. The number of aromatic nitrogens is 4. The summed E-state index contributed by atoms with van der Waals surface area (Å²) >= 11 is 0. The van der Waals surface area contributed by atoms with Crippen LogP contribution in [0.15, 0.2) is 11.1 Å². The Labute approximate surface area is 240 Å². The van der Waals surface area contributed by atoms with Crippen LogP contribution in [0.1, 0.15) is 41.5 Å². The molecule has 3 heterocycles. The average Bonchev–Trinajstić information content (AvgIpc) is 3.42. The van der Waals surface area contributed by atoms with Crippen LogP contribution >= 0.6 is 7.82 Å². The Morgan fingerprint density at radius 2 is 1.93 bits per heavy atom. The summed E-state index contributed by atoms with van der Waals surface area (Å²) in [5, 5.41) is 21.2. The third kappa shape index (κ3) is 7.15. The third-order valence-electron chi connectivity index (χ3n) is 6.14. The smallest absolute Gasteiger partial charge is 0.437 e. The molecular formula is C23H37FN5O12P. The number of carbonyl (C=O) groups excluding carboxylic acids is 1. The quantitative estimate of drug-likeness (QED) is 0.147. The van der Waals surface area contributed by atoms with E-state index in [-0.39, 0.29) is 17.1 Å². The molecule has 1 aliphatic heterocycles. The van der Waals surface area contributed by atoms with Gasteiger partial charge in [-0.3, -0.25) is 28.2 Å². The predicted molar refractivity (Wildman–Crippen MR) is 141 cm³/mol. The second-order valence-electron chi connectivity index (χ2n) is 11.5. The van der Waals surface area contributed by atoms with Gasteiger partial charge in [-0.05, 0) is 20.8 Å². The van der Waals surface area contributed by atoms with Crippen molar-refractivity contribution < 1.29 is 56.5 Å². The number of aliphatic hydroxyl groups is 2. The number of rotatable bonds is 12. The Kier molecular flexibility index (Phi) is 9.88. The molecule has 1 aliphatic rings. The number of anilines is 1. The van der Waals surface area contributed by atoms with Gasteiger partial charge in [0.2, 0.25) is 24.3 Å². The molecule has 2 aromatic rings. The van der Waals surface area contributed by atoms with Crippen LogP contribution in [-0.4, -0.2) is 87.8 Å². The van der Waals surface area contributed by atoms with Crippen molar-refractivity contribution in [2.45, 2.75) is 65.5 Å². The Morgan fingerprint density at radius 3 is 2.52 bits per heavy atom. The van der Waals surface area contributed by atoms with E-state index in [1.807, 2.05) is 0 Å². The second kappa shape index (κ2) is 12.2. The fraction of sp³-hybridized carbons (Fsp3) is 0.739. The van der Waals surface area contributed by atoms with Crippen molar-refractivity contribution in [2.75, 3.05) is 39.6 Å². The first-order chi connectivity index (χ1) is 19.3. The predicted octanol–water partition coefficient (Wildman–Crippen LogP) is 1.10. The highest BCUT2D eigenvalue weighted by atomic mass is 31.2. The molecule has 0 bridgehead atoms. The number of hydrogen-bond acceptors (Lipinski definition) is 15. The minimum absolute atomic E-state index is 0.256. The number of phosphoric ester groups is 1.